The van der Waals surface area contributed by atoms with Gasteiger partial charge in [0.1, 0.15) is 0 Å². The van der Waals surface area contributed by atoms with E-state index in [-0.39, 0.29) is 11.3 Å². The van der Waals surface area contributed by atoms with Crippen LogP contribution in [0.2, 0.25) is 0 Å². The van der Waals surface area contributed by atoms with Gasteiger partial charge in [-0.25, -0.2) is 0 Å². The van der Waals surface area contributed by atoms with Crippen molar-refractivity contribution in [2.75, 3.05) is 13.1 Å². The lowest BCUT2D eigenvalue weighted by atomic mass is 9.77. The Morgan fingerprint density at radius 3 is 3.04 bits per heavy atom. The molecule has 1 aliphatic carbocycles. The zero-order chi connectivity index (χ0) is 18.6. The van der Waals surface area contributed by atoms with Crippen molar-refractivity contribution >= 4 is 16.8 Å². The minimum absolute atomic E-state index is 0.0501. The van der Waals surface area contributed by atoms with Crippen LogP contribution < -0.4 is 0 Å². The van der Waals surface area contributed by atoms with Crippen molar-refractivity contribution < 1.29 is 4.79 Å². The van der Waals surface area contributed by atoms with Crippen molar-refractivity contribution in [1.29, 1.82) is 0 Å². The Bertz CT molecular complexity index is 1050. The van der Waals surface area contributed by atoms with E-state index in [0.29, 0.717) is 0 Å². The molecule has 138 valence electrons. The van der Waals surface area contributed by atoms with Gasteiger partial charge in [-0.1, -0.05) is 18.2 Å². The Labute approximate surface area is 158 Å². The highest BCUT2D eigenvalue weighted by Gasteiger charge is 2.44. The number of carbonyl (C=O) groups excluding carboxylic acids is 1. The molecule has 0 saturated carbocycles. The molecule has 1 aliphatic heterocycles. The number of piperidine rings is 1. The fourth-order valence-corrected chi connectivity index (χ4v) is 5.00. The van der Waals surface area contributed by atoms with Gasteiger partial charge in [0.15, 0.2) is 0 Å². The van der Waals surface area contributed by atoms with Crippen LogP contribution in [0.5, 0.6) is 0 Å². The van der Waals surface area contributed by atoms with E-state index in [4.69, 9.17) is 4.98 Å². The topological polar surface area (TPSA) is 61.9 Å². The number of fused-ring (bicyclic) bond motifs is 3. The molecule has 0 radical (unpaired) electrons. The predicted octanol–water partition coefficient (Wildman–Crippen LogP) is 3.69. The van der Waals surface area contributed by atoms with E-state index in [9.17, 15) is 4.79 Å². The second-order valence-electron chi connectivity index (χ2n) is 8.15. The second kappa shape index (κ2) is 5.91. The molecule has 1 fully saturated rings. The van der Waals surface area contributed by atoms with Gasteiger partial charge in [0, 0.05) is 29.6 Å². The number of amides is 1. The van der Waals surface area contributed by atoms with Crippen LogP contribution in [0.4, 0.5) is 0 Å². The van der Waals surface area contributed by atoms with Gasteiger partial charge in [-0.05, 0) is 56.7 Å². The summed E-state index contributed by atoms with van der Waals surface area (Å²) >= 11 is 0. The van der Waals surface area contributed by atoms with Crippen LogP contribution in [-0.2, 0) is 11.8 Å². The van der Waals surface area contributed by atoms with Gasteiger partial charge in [-0.3, -0.25) is 14.9 Å². The van der Waals surface area contributed by atoms with Gasteiger partial charge in [-0.2, -0.15) is 5.10 Å². The average Bonchev–Trinajstić information content (AvgIpc) is 3.27. The number of rotatable bonds is 1. The molecule has 3 aromatic rings. The molecule has 1 aromatic carbocycles. The number of pyridine rings is 1. The number of carbonyl (C=O) groups is 1. The van der Waals surface area contributed by atoms with Crippen LogP contribution in [0.15, 0.2) is 30.5 Å². The van der Waals surface area contributed by atoms with Crippen LogP contribution in [0, 0.1) is 13.8 Å². The van der Waals surface area contributed by atoms with Gasteiger partial charge in [0.25, 0.3) is 5.91 Å². The van der Waals surface area contributed by atoms with Crippen molar-refractivity contribution in [3.8, 4) is 0 Å². The molecule has 1 unspecified atom stereocenters. The zero-order valence-corrected chi connectivity index (χ0v) is 15.9. The SMILES string of the molecule is Cc1nc2c(C)cccc2cc1C(=O)N1CCCC2(CCc3cn[nH]c32)C1. The Morgan fingerprint density at radius 2 is 2.15 bits per heavy atom. The number of likely N-dealkylation sites (tertiary alicyclic amines) is 1. The van der Waals surface area contributed by atoms with Crippen molar-refractivity contribution in [2.24, 2.45) is 0 Å². The van der Waals surface area contributed by atoms with E-state index in [0.717, 1.165) is 66.5 Å². The number of hydrogen-bond acceptors (Lipinski definition) is 3. The van der Waals surface area contributed by atoms with Crippen LogP contribution >= 0.6 is 0 Å². The Balaban J connectivity index is 1.49. The molecule has 3 heterocycles. The molecule has 1 N–H and O–H groups in total. The van der Waals surface area contributed by atoms with E-state index in [1.807, 2.05) is 36.2 Å². The van der Waals surface area contributed by atoms with Gasteiger partial charge >= 0.3 is 0 Å². The number of nitrogens with zero attached hydrogens (tertiary/aromatic N) is 3. The van der Waals surface area contributed by atoms with E-state index >= 15 is 0 Å². The third-order valence-electron chi connectivity index (χ3n) is 6.45. The lowest BCUT2D eigenvalue weighted by Gasteiger charge is -2.40. The Morgan fingerprint density at radius 1 is 1.26 bits per heavy atom. The first kappa shape index (κ1) is 16.5. The number of aryl methyl sites for hydroxylation is 3. The maximum atomic E-state index is 13.4. The van der Waals surface area contributed by atoms with E-state index < -0.39 is 0 Å². The molecule has 1 amide bonds. The maximum absolute atomic E-state index is 13.4. The van der Waals surface area contributed by atoms with Crippen molar-refractivity contribution in [3.63, 3.8) is 0 Å². The van der Waals surface area contributed by atoms with Gasteiger partial charge in [0.05, 0.1) is 23.0 Å². The quantitative estimate of drug-likeness (QED) is 0.720. The molecule has 27 heavy (non-hydrogen) atoms. The van der Waals surface area contributed by atoms with Crippen LogP contribution in [0.25, 0.3) is 10.9 Å². The van der Waals surface area contributed by atoms with Gasteiger partial charge in [-0.15, -0.1) is 0 Å². The third kappa shape index (κ3) is 2.48. The number of benzene rings is 1. The number of aromatic nitrogens is 3. The van der Waals surface area contributed by atoms with Crippen LogP contribution in [0.3, 0.4) is 0 Å². The first-order valence-electron chi connectivity index (χ1n) is 9.76. The summed E-state index contributed by atoms with van der Waals surface area (Å²) in [5.41, 5.74) is 6.30. The number of nitrogens with one attached hydrogen (secondary N) is 1. The summed E-state index contributed by atoms with van der Waals surface area (Å²) in [7, 11) is 0. The monoisotopic (exact) mass is 360 g/mol. The summed E-state index contributed by atoms with van der Waals surface area (Å²) in [5.74, 6) is 0.107. The molecular weight excluding hydrogens is 336 g/mol. The fraction of sp³-hybridized carbons (Fsp3) is 0.409. The summed E-state index contributed by atoms with van der Waals surface area (Å²) in [4.78, 5) is 20.2. The minimum atomic E-state index is 0.0501. The van der Waals surface area contributed by atoms with E-state index in [1.54, 1.807) is 0 Å². The number of para-hydroxylation sites is 1. The van der Waals surface area contributed by atoms with E-state index in [1.165, 1.54) is 11.3 Å². The highest BCUT2D eigenvalue weighted by atomic mass is 16.2. The smallest absolute Gasteiger partial charge is 0.255 e. The predicted molar refractivity (Wildman–Crippen MR) is 105 cm³/mol. The Hall–Kier alpha value is -2.69. The van der Waals surface area contributed by atoms with Crippen molar-refractivity contribution in [2.45, 2.75) is 44.9 Å². The number of aromatic amines is 1. The first-order valence-corrected chi connectivity index (χ1v) is 9.76. The number of H-pyrrole nitrogens is 1. The van der Waals surface area contributed by atoms with Gasteiger partial charge in [0.2, 0.25) is 0 Å². The van der Waals surface area contributed by atoms with Crippen LogP contribution in [0.1, 0.15) is 52.1 Å². The molecule has 1 saturated heterocycles. The van der Waals surface area contributed by atoms with Crippen molar-refractivity contribution in [1.82, 2.24) is 20.1 Å². The zero-order valence-electron chi connectivity index (χ0n) is 15.9. The van der Waals surface area contributed by atoms with E-state index in [2.05, 4.69) is 23.2 Å². The molecule has 5 heteroatoms. The largest absolute Gasteiger partial charge is 0.338 e. The number of hydrogen-bond donors (Lipinski definition) is 1. The fourth-order valence-electron chi connectivity index (χ4n) is 5.00. The highest BCUT2D eigenvalue weighted by molar-refractivity contribution is 5.99. The lowest BCUT2D eigenvalue weighted by molar-refractivity contribution is 0.0632. The molecule has 1 atom stereocenters. The normalized spacial score (nSPS) is 21.8. The molecule has 0 bridgehead atoms. The summed E-state index contributed by atoms with van der Waals surface area (Å²) in [5, 5.41) is 8.49. The maximum Gasteiger partial charge on any atom is 0.255 e. The molecule has 1 spiro atoms. The van der Waals surface area contributed by atoms with Crippen molar-refractivity contribution in [3.05, 3.63) is 58.5 Å². The standard InChI is InChI=1S/C22H24N4O/c1-14-5-3-6-16-11-18(15(2)24-19(14)16)21(27)26-10-4-8-22(13-26)9-7-17-12-23-25-20(17)22/h3,5-6,11-12H,4,7-10,13H2,1-2H3,(H,23,25). The highest BCUT2D eigenvalue weighted by Crippen LogP contribution is 2.44. The Kier molecular flexibility index (Phi) is 3.61. The molecule has 2 aromatic heterocycles. The summed E-state index contributed by atoms with van der Waals surface area (Å²) < 4.78 is 0. The lowest BCUT2D eigenvalue weighted by Crippen LogP contribution is -2.48. The summed E-state index contributed by atoms with van der Waals surface area (Å²) in [6.45, 7) is 5.59. The average molecular weight is 360 g/mol. The molecular formula is C22H24N4O. The molecule has 5 nitrogen and oxygen atoms in total. The minimum Gasteiger partial charge on any atom is -0.338 e. The summed E-state index contributed by atoms with van der Waals surface area (Å²) in [6, 6.07) is 8.14. The first-order chi connectivity index (χ1) is 13.1. The second-order valence-corrected chi connectivity index (χ2v) is 8.15. The molecule has 2 aliphatic rings. The third-order valence-corrected chi connectivity index (χ3v) is 6.45. The van der Waals surface area contributed by atoms with Crippen LogP contribution in [-0.4, -0.2) is 39.1 Å². The summed E-state index contributed by atoms with van der Waals surface area (Å²) in [6.07, 6.45) is 6.27. The van der Waals surface area contributed by atoms with Gasteiger partial charge < -0.3 is 4.90 Å². The molecule has 5 rings (SSSR count).